The molecule has 30 heavy (non-hydrogen) atoms. The summed E-state index contributed by atoms with van der Waals surface area (Å²) in [4.78, 5) is 21.3. The minimum atomic E-state index is -3.63. The largest absolute Gasteiger partial charge is 0.353 e. The third kappa shape index (κ3) is 4.77. The van der Waals surface area contributed by atoms with E-state index in [-0.39, 0.29) is 16.8 Å². The van der Waals surface area contributed by atoms with Crippen LogP contribution in [-0.4, -0.2) is 56.4 Å². The Hall–Kier alpha value is -2.16. The molecule has 1 aromatic heterocycles. The fourth-order valence-electron chi connectivity index (χ4n) is 4.00. The number of nitrogens with zero attached hydrogens (tertiary/aromatic N) is 3. The maximum atomic E-state index is 13.0. The van der Waals surface area contributed by atoms with Gasteiger partial charge in [0.25, 0.3) is 5.91 Å². The number of amides is 1. The number of sulfonamides is 1. The average Bonchev–Trinajstić information content (AvgIpc) is 3.26. The number of pyridine rings is 1. The zero-order valence-corrected chi connectivity index (χ0v) is 18.2. The number of aromatic nitrogens is 1. The lowest BCUT2D eigenvalue weighted by Gasteiger charge is -2.35. The monoisotopic (exact) mass is 448 g/mol. The van der Waals surface area contributed by atoms with Crippen LogP contribution in [0, 0.1) is 0 Å². The highest BCUT2D eigenvalue weighted by Gasteiger charge is 2.26. The van der Waals surface area contributed by atoms with Crippen LogP contribution >= 0.6 is 11.6 Å². The molecular weight excluding hydrogens is 424 g/mol. The molecule has 2 fully saturated rings. The fourth-order valence-corrected chi connectivity index (χ4v) is 5.47. The first kappa shape index (κ1) is 21.1. The van der Waals surface area contributed by atoms with E-state index in [4.69, 9.17) is 11.6 Å². The lowest BCUT2D eigenvalue weighted by atomic mass is 10.2. The number of halogens is 1. The Labute approximate surface area is 182 Å². The van der Waals surface area contributed by atoms with Gasteiger partial charge in [0, 0.05) is 44.0 Å². The fraction of sp³-hybridized carbons (Fsp3) is 0.429. The van der Waals surface area contributed by atoms with Crippen LogP contribution in [0.3, 0.4) is 0 Å². The molecule has 0 unspecified atom stereocenters. The summed E-state index contributed by atoms with van der Waals surface area (Å²) in [7, 11) is -3.63. The zero-order valence-electron chi connectivity index (χ0n) is 16.6. The van der Waals surface area contributed by atoms with E-state index in [2.05, 4.69) is 14.6 Å². The normalized spacial score (nSPS) is 18.0. The molecule has 1 saturated heterocycles. The Bertz CT molecular complexity index is 999. The predicted octanol–water partition coefficient (Wildman–Crippen LogP) is 2.92. The van der Waals surface area contributed by atoms with Gasteiger partial charge in [0.15, 0.2) is 0 Å². The third-order valence-corrected chi connectivity index (χ3v) is 7.41. The molecule has 7 nitrogen and oxygen atoms in total. The first-order valence-electron chi connectivity index (χ1n) is 10.2. The summed E-state index contributed by atoms with van der Waals surface area (Å²) in [6.07, 6.45) is 5.43. The Morgan fingerprint density at radius 2 is 1.80 bits per heavy atom. The molecule has 0 spiro atoms. The van der Waals surface area contributed by atoms with Crippen LogP contribution < -0.4 is 9.62 Å². The van der Waals surface area contributed by atoms with E-state index < -0.39 is 10.0 Å². The summed E-state index contributed by atoms with van der Waals surface area (Å²) < 4.78 is 28.2. The molecule has 0 atom stereocenters. The summed E-state index contributed by atoms with van der Waals surface area (Å²) in [5.74, 6) is 0.675. The Morgan fingerprint density at radius 3 is 2.47 bits per heavy atom. The van der Waals surface area contributed by atoms with Gasteiger partial charge in [0.1, 0.15) is 5.82 Å². The van der Waals surface area contributed by atoms with Gasteiger partial charge in [-0.15, -0.1) is 0 Å². The topological polar surface area (TPSA) is 82.6 Å². The minimum absolute atomic E-state index is 0.0103. The first-order chi connectivity index (χ1) is 14.4. The average molecular weight is 449 g/mol. The van der Waals surface area contributed by atoms with Crippen LogP contribution in [0.1, 0.15) is 36.0 Å². The van der Waals surface area contributed by atoms with Gasteiger partial charge in [-0.05, 0) is 43.2 Å². The van der Waals surface area contributed by atoms with Crippen molar-refractivity contribution in [1.82, 2.24) is 14.6 Å². The molecule has 1 saturated carbocycles. The Kier molecular flexibility index (Phi) is 6.26. The molecule has 1 aliphatic heterocycles. The smallest absolute Gasteiger partial charge is 0.254 e. The molecule has 4 rings (SSSR count). The number of benzene rings is 1. The third-order valence-electron chi connectivity index (χ3n) is 5.67. The van der Waals surface area contributed by atoms with Crippen LogP contribution in [0.15, 0.2) is 47.5 Å². The van der Waals surface area contributed by atoms with Gasteiger partial charge < -0.3 is 9.80 Å². The summed E-state index contributed by atoms with van der Waals surface area (Å²) in [6.45, 7) is 2.39. The molecule has 0 radical (unpaired) electrons. The van der Waals surface area contributed by atoms with E-state index in [0.717, 1.165) is 31.5 Å². The van der Waals surface area contributed by atoms with Gasteiger partial charge in [-0.1, -0.05) is 30.5 Å². The van der Waals surface area contributed by atoms with Crippen LogP contribution in [0.5, 0.6) is 0 Å². The highest BCUT2D eigenvalue weighted by atomic mass is 35.5. The van der Waals surface area contributed by atoms with Crippen molar-refractivity contribution < 1.29 is 13.2 Å². The summed E-state index contributed by atoms with van der Waals surface area (Å²) in [5, 5.41) is 0.588. The maximum absolute atomic E-state index is 13.0. The Morgan fingerprint density at radius 1 is 1.07 bits per heavy atom. The second kappa shape index (κ2) is 8.91. The van der Waals surface area contributed by atoms with Crippen LogP contribution in [0.2, 0.25) is 5.02 Å². The molecule has 160 valence electrons. The molecule has 2 heterocycles. The second-order valence-corrected chi connectivity index (χ2v) is 9.89. The van der Waals surface area contributed by atoms with Crippen molar-refractivity contribution in [2.75, 3.05) is 31.1 Å². The Balaban J connectivity index is 1.41. The lowest BCUT2D eigenvalue weighted by Crippen LogP contribution is -2.49. The molecule has 9 heteroatoms. The molecule has 1 aliphatic carbocycles. The van der Waals surface area contributed by atoms with Crippen molar-refractivity contribution in [3.63, 3.8) is 0 Å². The van der Waals surface area contributed by atoms with Crippen molar-refractivity contribution in [3.8, 4) is 0 Å². The highest BCUT2D eigenvalue weighted by molar-refractivity contribution is 7.89. The van der Waals surface area contributed by atoms with Crippen LogP contribution in [-0.2, 0) is 10.0 Å². The van der Waals surface area contributed by atoms with Gasteiger partial charge >= 0.3 is 0 Å². The van der Waals surface area contributed by atoms with Crippen molar-refractivity contribution in [3.05, 3.63) is 53.2 Å². The number of hydrogen-bond acceptors (Lipinski definition) is 5. The zero-order chi connectivity index (χ0) is 21.1. The van der Waals surface area contributed by atoms with E-state index in [1.54, 1.807) is 29.3 Å². The van der Waals surface area contributed by atoms with Gasteiger partial charge in [0.2, 0.25) is 10.0 Å². The molecule has 1 N–H and O–H groups in total. The number of nitrogens with one attached hydrogen (secondary N) is 1. The van der Waals surface area contributed by atoms with E-state index in [1.807, 2.05) is 6.07 Å². The number of carbonyl (C=O) groups is 1. The molecule has 1 amide bonds. The molecule has 2 aromatic rings. The summed E-state index contributed by atoms with van der Waals surface area (Å²) in [5.41, 5.74) is 0.391. The van der Waals surface area contributed by atoms with Crippen molar-refractivity contribution >= 4 is 33.3 Å². The highest BCUT2D eigenvalue weighted by Crippen LogP contribution is 2.22. The molecular formula is C21H25ClN4O3S. The summed E-state index contributed by atoms with van der Waals surface area (Å²) >= 11 is 5.89. The number of anilines is 1. The molecule has 2 aliphatic rings. The van der Waals surface area contributed by atoms with Crippen LogP contribution in [0.25, 0.3) is 0 Å². The van der Waals surface area contributed by atoms with E-state index in [9.17, 15) is 13.2 Å². The quantitative estimate of drug-likeness (QED) is 0.760. The number of rotatable bonds is 5. The van der Waals surface area contributed by atoms with Crippen molar-refractivity contribution in [2.24, 2.45) is 0 Å². The SMILES string of the molecule is O=C(c1cccc(S(=O)(=O)NC2CCCC2)c1)N1CCN(c2ccc(Cl)cn2)CC1. The number of hydrogen-bond donors (Lipinski definition) is 1. The maximum Gasteiger partial charge on any atom is 0.254 e. The molecule has 0 bridgehead atoms. The van der Waals surface area contributed by atoms with Crippen molar-refractivity contribution in [1.29, 1.82) is 0 Å². The number of piperazine rings is 1. The molecule has 1 aromatic carbocycles. The van der Waals surface area contributed by atoms with Gasteiger partial charge in [-0.3, -0.25) is 4.79 Å². The van der Waals surface area contributed by atoms with E-state index in [1.165, 1.54) is 12.1 Å². The van der Waals surface area contributed by atoms with Gasteiger partial charge in [0.05, 0.1) is 9.92 Å². The second-order valence-electron chi connectivity index (χ2n) is 7.74. The van der Waals surface area contributed by atoms with Crippen LogP contribution in [0.4, 0.5) is 5.82 Å². The lowest BCUT2D eigenvalue weighted by molar-refractivity contribution is 0.0746. The van der Waals surface area contributed by atoms with Gasteiger partial charge in [-0.25, -0.2) is 18.1 Å². The van der Waals surface area contributed by atoms with E-state index in [0.29, 0.717) is 36.8 Å². The first-order valence-corrected chi connectivity index (χ1v) is 12.1. The van der Waals surface area contributed by atoms with E-state index >= 15 is 0 Å². The number of carbonyl (C=O) groups excluding carboxylic acids is 1. The summed E-state index contributed by atoms with van der Waals surface area (Å²) in [6, 6.07) is 9.97. The minimum Gasteiger partial charge on any atom is -0.353 e. The predicted molar refractivity (Wildman–Crippen MR) is 116 cm³/mol. The van der Waals surface area contributed by atoms with Crippen molar-refractivity contribution in [2.45, 2.75) is 36.6 Å². The standard InChI is InChI=1S/C21H25ClN4O3S/c22-17-8-9-20(23-15-17)25-10-12-26(13-11-25)21(27)16-4-3-7-19(14-16)30(28,29)24-18-5-1-2-6-18/h3-4,7-9,14-15,18,24H,1-2,5-6,10-13H2. The van der Waals surface area contributed by atoms with Gasteiger partial charge in [-0.2, -0.15) is 0 Å².